The molecule has 9 heteroatoms. The number of ether oxygens (including phenoxy) is 2. The van der Waals surface area contributed by atoms with Crippen LogP contribution in [0, 0.1) is 0 Å². The van der Waals surface area contributed by atoms with E-state index < -0.39 is 0 Å². The fraction of sp³-hybridized carbons (Fsp3) is 0.400. The summed E-state index contributed by atoms with van der Waals surface area (Å²) in [5.41, 5.74) is 3.19. The maximum Gasteiger partial charge on any atom is 0.258 e. The van der Waals surface area contributed by atoms with Gasteiger partial charge in [0.05, 0.1) is 35.4 Å². The number of fused-ring (bicyclic) bond motifs is 2. The molecule has 0 fully saturated rings. The fourth-order valence-corrected chi connectivity index (χ4v) is 5.79. The Hall–Kier alpha value is -2.62. The van der Waals surface area contributed by atoms with Gasteiger partial charge >= 0.3 is 0 Å². The number of nitrogens with zero attached hydrogens (tertiary/aromatic N) is 3. The summed E-state index contributed by atoms with van der Waals surface area (Å²) in [5, 5.41) is 0. The first-order valence-corrected chi connectivity index (χ1v) is 13.4. The second-order valence-electron chi connectivity index (χ2n) is 7.84. The van der Waals surface area contributed by atoms with Crippen molar-refractivity contribution in [1.82, 2.24) is 4.57 Å². The van der Waals surface area contributed by atoms with Crippen LogP contribution in [0.2, 0.25) is 0 Å². The molecule has 1 aliphatic rings. The van der Waals surface area contributed by atoms with E-state index in [9.17, 15) is 9.59 Å². The lowest BCUT2D eigenvalue weighted by Gasteiger charge is -2.29. The van der Waals surface area contributed by atoms with E-state index in [1.54, 1.807) is 7.11 Å². The molecule has 2 heterocycles. The summed E-state index contributed by atoms with van der Waals surface area (Å²) >= 11 is 2.76. The van der Waals surface area contributed by atoms with Crippen LogP contribution in [-0.2, 0) is 27.3 Å². The Kier molecular flexibility index (Phi) is 8.42. The molecule has 0 unspecified atom stereocenters. The minimum Gasteiger partial charge on any atom is -0.497 e. The van der Waals surface area contributed by atoms with Gasteiger partial charge in [-0.1, -0.05) is 29.5 Å². The van der Waals surface area contributed by atoms with Crippen LogP contribution in [0.25, 0.3) is 10.2 Å². The van der Waals surface area contributed by atoms with Gasteiger partial charge in [-0.15, -0.1) is 11.8 Å². The molecule has 0 N–H and O–H groups in total. The smallest absolute Gasteiger partial charge is 0.258 e. The van der Waals surface area contributed by atoms with Gasteiger partial charge in [-0.3, -0.25) is 9.59 Å². The molecule has 0 saturated carbocycles. The van der Waals surface area contributed by atoms with Crippen molar-refractivity contribution in [3.63, 3.8) is 0 Å². The van der Waals surface area contributed by atoms with Gasteiger partial charge in [0.2, 0.25) is 5.91 Å². The Bertz CT molecular complexity index is 1230. The number of rotatable bonds is 9. The van der Waals surface area contributed by atoms with E-state index in [0.717, 1.165) is 41.0 Å². The number of thioether (sulfide) groups is 1. The standard InChI is InChI=1S/C25H29N3O4S2/c1-3-32-14-13-28-21-11-10-19(31-2)15-22(21)34-25(28)26-23(29)16-33-17-24(30)27-12-6-8-18-7-4-5-9-20(18)27/h4-5,7,9-11,15H,3,6,8,12-14,16-17H2,1-2H3. The van der Waals surface area contributed by atoms with Gasteiger partial charge in [0.1, 0.15) is 5.75 Å². The van der Waals surface area contributed by atoms with E-state index in [1.165, 1.54) is 28.7 Å². The van der Waals surface area contributed by atoms with E-state index in [-0.39, 0.29) is 23.3 Å². The van der Waals surface area contributed by atoms with Crippen molar-refractivity contribution in [3.05, 3.63) is 52.8 Å². The van der Waals surface area contributed by atoms with Crippen LogP contribution in [0.3, 0.4) is 0 Å². The van der Waals surface area contributed by atoms with Crippen molar-refractivity contribution in [1.29, 1.82) is 0 Å². The lowest BCUT2D eigenvalue weighted by Crippen LogP contribution is -2.36. The van der Waals surface area contributed by atoms with E-state index in [2.05, 4.69) is 11.1 Å². The fourth-order valence-electron chi connectivity index (χ4n) is 4.02. The summed E-state index contributed by atoms with van der Waals surface area (Å²) in [6, 6.07) is 13.9. The van der Waals surface area contributed by atoms with Crippen molar-refractivity contribution in [2.45, 2.75) is 26.3 Å². The molecular weight excluding hydrogens is 470 g/mol. The Morgan fingerprint density at radius 3 is 2.85 bits per heavy atom. The molecule has 2 amide bonds. The monoisotopic (exact) mass is 499 g/mol. The summed E-state index contributed by atoms with van der Waals surface area (Å²) in [5.74, 6) is 0.955. The highest BCUT2D eigenvalue weighted by atomic mass is 32.2. The summed E-state index contributed by atoms with van der Waals surface area (Å²) in [7, 11) is 1.63. The highest BCUT2D eigenvalue weighted by molar-refractivity contribution is 8.00. The second-order valence-corrected chi connectivity index (χ2v) is 9.84. The number of aromatic nitrogens is 1. The van der Waals surface area contributed by atoms with Crippen molar-refractivity contribution >= 4 is 50.8 Å². The molecule has 1 aromatic heterocycles. The number of thiazole rings is 1. The summed E-state index contributed by atoms with van der Waals surface area (Å²) < 4.78 is 13.9. The van der Waals surface area contributed by atoms with E-state index >= 15 is 0 Å². The van der Waals surface area contributed by atoms with Crippen LogP contribution in [0.15, 0.2) is 47.5 Å². The van der Waals surface area contributed by atoms with Crippen LogP contribution < -0.4 is 14.4 Å². The maximum absolute atomic E-state index is 12.8. The number of carbonyl (C=O) groups is 2. The lowest BCUT2D eigenvalue weighted by molar-refractivity contribution is -0.116. The highest BCUT2D eigenvalue weighted by Gasteiger charge is 2.22. The molecule has 0 bridgehead atoms. The number of amides is 2. The van der Waals surface area contributed by atoms with Crippen molar-refractivity contribution in [2.75, 3.05) is 43.3 Å². The molecule has 0 spiro atoms. The maximum atomic E-state index is 12.8. The molecule has 0 radical (unpaired) electrons. The SMILES string of the molecule is CCOCCn1c(=NC(=O)CSCC(=O)N2CCCc3ccccc32)sc2cc(OC)ccc21. The third-order valence-electron chi connectivity index (χ3n) is 5.64. The number of para-hydroxylation sites is 1. The molecular formula is C25H29N3O4S2. The zero-order valence-corrected chi connectivity index (χ0v) is 21.1. The first kappa shape index (κ1) is 24.5. The number of aryl methyl sites for hydroxylation is 1. The number of anilines is 1. The largest absolute Gasteiger partial charge is 0.497 e. The molecule has 2 aromatic carbocycles. The lowest BCUT2D eigenvalue weighted by atomic mass is 10.0. The van der Waals surface area contributed by atoms with Crippen molar-refractivity contribution in [2.24, 2.45) is 4.99 Å². The van der Waals surface area contributed by atoms with Crippen molar-refractivity contribution < 1.29 is 19.1 Å². The van der Waals surface area contributed by atoms with Gasteiger partial charge < -0.3 is 18.9 Å². The Morgan fingerprint density at radius 1 is 1.18 bits per heavy atom. The number of benzene rings is 2. The predicted molar refractivity (Wildman–Crippen MR) is 138 cm³/mol. The first-order valence-electron chi connectivity index (χ1n) is 11.4. The predicted octanol–water partition coefficient (Wildman–Crippen LogP) is 3.89. The van der Waals surface area contributed by atoms with Gasteiger partial charge in [-0.25, -0.2) is 0 Å². The van der Waals surface area contributed by atoms with Crippen LogP contribution in [0.5, 0.6) is 5.75 Å². The van der Waals surface area contributed by atoms with E-state index in [1.807, 2.05) is 52.8 Å². The van der Waals surface area contributed by atoms with E-state index in [0.29, 0.717) is 24.6 Å². The normalized spacial score (nSPS) is 13.8. The second kappa shape index (κ2) is 11.7. The molecule has 1 aliphatic heterocycles. The van der Waals surface area contributed by atoms with Gasteiger partial charge in [0.15, 0.2) is 4.80 Å². The zero-order chi connectivity index (χ0) is 23.9. The topological polar surface area (TPSA) is 73.1 Å². The first-order chi connectivity index (χ1) is 16.6. The minimum atomic E-state index is -0.250. The molecule has 0 atom stereocenters. The molecule has 7 nitrogen and oxygen atoms in total. The third-order valence-corrected chi connectivity index (χ3v) is 7.58. The highest BCUT2D eigenvalue weighted by Crippen LogP contribution is 2.27. The molecule has 0 saturated heterocycles. The molecule has 0 aliphatic carbocycles. The Morgan fingerprint density at radius 2 is 2.03 bits per heavy atom. The third kappa shape index (κ3) is 5.71. The number of hydrogen-bond acceptors (Lipinski definition) is 6. The zero-order valence-electron chi connectivity index (χ0n) is 19.5. The quantitative estimate of drug-likeness (QED) is 0.418. The van der Waals surface area contributed by atoms with Crippen molar-refractivity contribution in [3.8, 4) is 5.75 Å². The number of carbonyl (C=O) groups excluding carboxylic acids is 2. The Balaban J connectivity index is 1.44. The van der Waals surface area contributed by atoms with Gasteiger partial charge in [0, 0.05) is 25.4 Å². The summed E-state index contributed by atoms with van der Waals surface area (Å²) in [4.78, 5) is 32.3. The average molecular weight is 500 g/mol. The van der Waals surface area contributed by atoms with Crippen LogP contribution in [0.1, 0.15) is 18.9 Å². The van der Waals surface area contributed by atoms with Crippen LogP contribution in [-0.4, -0.2) is 54.8 Å². The molecule has 34 heavy (non-hydrogen) atoms. The molecule has 180 valence electrons. The van der Waals surface area contributed by atoms with Crippen LogP contribution >= 0.6 is 23.1 Å². The summed E-state index contributed by atoms with van der Waals surface area (Å²) in [6.07, 6.45) is 1.95. The van der Waals surface area contributed by atoms with Gasteiger partial charge in [-0.2, -0.15) is 4.99 Å². The van der Waals surface area contributed by atoms with Gasteiger partial charge in [-0.05, 0) is 49.6 Å². The van der Waals surface area contributed by atoms with Gasteiger partial charge in [0.25, 0.3) is 5.91 Å². The van der Waals surface area contributed by atoms with Crippen LogP contribution in [0.4, 0.5) is 5.69 Å². The molecule has 3 aromatic rings. The van der Waals surface area contributed by atoms with E-state index in [4.69, 9.17) is 9.47 Å². The Labute approximate surface area is 207 Å². The number of hydrogen-bond donors (Lipinski definition) is 0. The average Bonchev–Trinajstić information content (AvgIpc) is 3.19. The minimum absolute atomic E-state index is 0.0330. The summed E-state index contributed by atoms with van der Waals surface area (Å²) in [6.45, 7) is 4.45. The number of methoxy groups -OCH3 is 1. The molecule has 4 rings (SSSR count).